The lowest BCUT2D eigenvalue weighted by molar-refractivity contribution is 0.301. The second-order valence-electron chi connectivity index (χ2n) is 2.91. The number of benzene rings is 1. The van der Waals surface area contributed by atoms with Crippen molar-refractivity contribution in [3.05, 3.63) is 24.3 Å². The van der Waals surface area contributed by atoms with Gasteiger partial charge in [-0.15, -0.1) is 25.3 Å². The van der Waals surface area contributed by atoms with Gasteiger partial charge in [0.05, 0.1) is 0 Å². The van der Waals surface area contributed by atoms with Gasteiger partial charge in [0.1, 0.15) is 22.4 Å². The zero-order chi connectivity index (χ0) is 10.6. The van der Waals surface area contributed by atoms with Crippen LogP contribution < -0.4 is 9.47 Å². The first kappa shape index (κ1) is 11.6. The van der Waals surface area contributed by atoms with Gasteiger partial charge in [0.25, 0.3) is 0 Å². The van der Waals surface area contributed by atoms with Crippen LogP contribution in [0, 0.1) is 0 Å². The summed E-state index contributed by atoms with van der Waals surface area (Å²) >= 11 is 8.25. The molecule has 0 aliphatic heterocycles. The van der Waals surface area contributed by atoms with Crippen LogP contribution in [-0.4, -0.2) is 10.9 Å². The van der Waals surface area contributed by atoms with E-state index in [1.165, 1.54) is 0 Å². The lowest BCUT2D eigenvalue weighted by atomic mass is 10.3. The van der Waals surface area contributed by atoms with Gasteiger partial charge in [-0.25, -0.2) is 0 Å². The smallest absolute Gasteiger partial charge is 0.138 e. The summed E-state index contributed by atoms with van der Waals surface area (Å²) in [5, 5.41) is 0. The van der Waals surface area contributed by atoms with Gasteiger partial charge in [-0.3, -0.25) is 0 Å². The maximum Gasteiger partial charge on any atom is 0.138 e. The third-order valence-corrected chi connectivity index (χ3v) is 1.65. The summed E-state index contributed by atoms with van der Waals surface area (Å²) in [5.41, 5.74) is -0.212. The number of hydrogen-bond acceptors (Lipinski definition) is 4. The van der Waals surface area contributed by atoms with Crippen LogP contribution in [0.15, 0.2) is 24.3 Å². The molecule has 0 amide bonds. The van der Waals surface area contributed by atoms with Gasteiger partial charge < -0.3 is 9.47 Å². The van der Waals surface area contributed by atoms with E-state index in [-0.39, 0.29) is 10.9 Å². The molecule has 2 unspecified atom stereocenters. The summed E-state index contributed by atoms with van der Waals surface area (Å²) < 4.78 is 10.7. The zero-order valence-corrected chi connectivity index (χ0v) is 9.96. The molecule has 0 aliphatic carbocycles. The minimum atomic E-state index is -0.106. The first-order valence-electron chi connectivity index (χ1n) is 4.37. The Morgan fingerprint density at radius 2 is 1.14 bits per heavy atom. The van der Waals surface area contributed by atoms with Crippen LogP contribution in [0.25, 0.3) is 0 Å². The van der Waals surface area contributed by atoms with Crippen LogP contribution in [0.4, 0.5) is 0 Å². The monoisotopic (exact) mass is 230 g/mol. The largest absolute Gasteiger partial charge is 0.480 e. The van der Waals surface area contributed by atoms with Crippen molar-refractivity contribution in [3.8, 4) is 11.5 Å². The highest BCUT2D eigenvalue weighted by Crippen LogP contribution is 2.20. The molecule has 2 nitrogen and oxygen atoms in total. The predicted molar refractivity (Wildman–Crippen MR) is 64.6 cm³/mol. The first-order valence-corrected chi connectivity index (χ1v) is 5.40. The Hall–Kier alpha value is -0.480. The molecule has 0 aromatic heterocycles. The molecule has 0 aliphatic rings. The third-order valence-electron chi connectivity index (χ3n) is 1.44. The van der Waals surface area contributed by atoms with Gasteiger partial charge in [-0.2, -0.15) is 0 Å². The van der Waals surface area contributed by atoms with E-state index in [0.29, 0.717) is 0 Å². The van der Waals surface area contributed by atoms with E-state index in [4.69, 9.17) is 9.47 Å². The molecule has 4 heteroatoms. The van der Waals surface area contributed by atoms with Gasteiger partial charge in [0, 0.05) is 0 Å². The number of rotatable bonds is 4. The molecular weight excluding hydrogens is 216 g/mol. The minimum absolute atomic E-state index is 0.106. The molecule has 78 valence electrons. The highest BCUT2D eigenvalue weighted by Gasteiger charge is 2.00. The van der Waals surface area contributed by atoms with Crippen molar-refractivity contribution in [1.82, 2.24) is 0 Å². The van der Waals surface area contributed by atoms with Crippen LogP contribution in [-0.2, 0) is 0 Å². The summed E-state index contributed by atoms with van der Waals surface area (Å²) in [6, 6.07) is 7.38. The van der Waals surface area contributed by atoms with Gasteiger partial charge >= 0.3 is 0 Å². The van der Waals surface area contributed by atoms with Crippen LogP contribution in [0.5, 0.6) is 11.5 Å². The van der Waals surface area contributed by atoms with Crippen LogP contribution in [0.1, 0.15) is 13.8 Å². The fraction of sp³-hybridized carbons (Fsp3) is 0.400. The standard InChI is InChI=1S/C10H14O2S2/c1-7(13)11-9-3-5-10(6-4-9)12-8(2)14/h3-8,13-14H,1-2H3. The van der Waals surface area contributed by atoms with Crippen LogP contribution in [0.3, 0.4) is 0 Å². The minimum Gasteiger partial charge on any atom is -0.480 e. The molecule has 0 heterocycles. The van der Waals surface area contributed by atoms with Gasteiger partial charge in [0.15, 0.2) is 0 Å². The van der Waals surface area contributed by atoms with E-state index in [9.17, 15) is 0 Å². The summed E-state index contributed by atoms with van der Waals surface area (Å²) in [6.45, 7) is 3.73. The second kappa shape index (κ2) is 5.41. The highest BCUT2D eigenvalue weighted by molar-refractivity contribution is 7.80. The van der Waals surface area contributed by atoms with Gasteiger partial charge in [-0.1, -0.05) is 0 Å². The molecule has 14 heavy (non-hydrogen) atoms. The molecule has 0 fully saturated rings. The molecule has 0 saturated carbocycles. The van der Waals surface area contributed by atoms with Crippen molar-refractivity contribution in [3.63, 3.8) is 0 Å². The molecule has 0 bridgehead atoms. The lowest BCUT2D eigenvalue weighted by Gasteiger charge is -2.11. The quantitative estimate of drug-likeness (QED) is 0.612. The summed E-state index contributed by atoms with van der Waals surface area (Å²) in [5.74, 6) is 1.57. The zero-order valence-electron chi connectivity index (χ0n) is 8.18. The highest BCUT2D eigenvalue weighted by atomic mass is 32.1. The predicted octanol–water partition coefficient (Wildman–Crippen LogP) is 3.00. The molecular formula is C10H14O2S2. The SMILES string of the molecule is CC(S)Oc1ccc(OC(C)S)cc1. The summed E-state index contributed by atoms with van der Waals surface area (Å²) in [7, 11) is 0. The average Bonchev–Trinajstić information content (AvgIpc) is 2.06. The Labute approximate surface area is 95.4 Å². The normalized spacial score (nSPS) is 14.6. The Kier molecular flexibility index (Phi) is 4.48. The Bertz CT molecular complexity index is 241. The van der Waals surface area contributed by atoms with Crippen molar-refractivity contribution < 1.29 is 9.47 Å². The van der Waals surface area contributed by atoms with Crippen molar-refractivity contribution in [2.24, 2.45) is 0 Å². The first-order chi connectivity index (χ1) is 6.58. The van der Waals surface area contributed by atoms with Gasteiger partial charge in [0.2, 0.25) is 0 Å². The van der Waals surface area contributed by atoms with Crippen LogP contribution in [0.2, 0.25) is 0 Å². The average molecular weight is 230 g/mol. The summed E-state index contributed by atoms with van der Waals surface area (Å²) in [4.78, 5) is 0. The molecule has 1 aromatic carbocycles. The van der Waals surface area contributed by atoms with E-state index < -0.39 is 0 Å². The number of thiol groups is 2. The number of hydrogen-bond donors (Lipinski definition) is 2. The van der Waals surface area contributed by atoms with E-state index in [0.717, 1.165) is 11.5 Å². The molecule has 1 aromatic rings. The van der Waals surface area contributed by atoms with E-state index in [1.54, 1.807) is 0 Å². The topological polar surface area (TPSA) is 18.5 Å². The Morgan fingerprint density at radius 1 is 0.857 bits per heavy atom. The molecule has 0 spiro atoms. The lowest BCUT2D eigenvalue weighted by Crippen LogP contribution is -2.04. The molecule has 2 atom stereocenters. The Balaban J connectivity index is 2.59. The number of ether oxygens (including phenoxy) is 2. The fourth-order valence-electron chi connectivity index (χ4n) is 0.991. The molecule has 0 saturated heterocycles. The molecule has 1 rings (SSSR count). The molecule has 0 radical (unpaired) electrons. The second-order valence-corrected chi connectivity index (χ2v) is 4.36. The van der Waals surface area contributed by atoms with E-state index in [1.807, 2.05) is 38.1 Å². The third kappa shape index (κ3) is 4.15. The van der Waals surface area contributed by atoms with Crippen molar-refractivity contribution in [1.29, 1.82) is 0 Å². The fourth-order valence-corrected chi connectivity index (χ4v) is 1.23. The summed E-state index contributed by atoms with van der Waals surface area (Å²) in [6.07, 6.45) is 0. The molecule has 0 N–H and O–H groups in total. The van der Waals surface area contributed by atoms with Crippen LogP contribution >= 0.6 is 25.3 Å². The van der Waals surface area contributed by atoms with Crippen molar-refractivity contribution >= 4 is 25.3 Å². The van der Waals surface area contributed by atoms with Gasteiger partial charge in [-0.05, 0) is 38.1 Å². The maximum atomic E-state index is 5.36. The Morgan fingerprint density at radius 3 is 1.36 bits per heavy atom. The van der Waals surface area contributed by atoms with Crippen molar-refractivity contribution in [2.75, 3.05) is 0 Å². The van der Waals surface area contributed by atoms with E-state index >= 15 is 0 Å². The van der Waals surface area contributed by atoms with Crippen molar-refractivity contribution in [2.45, 2.75) is 24.7 Å². The van der Waals surface area contributed by atoms with E-state index in [2.05, 4.69) is 25.3 Å². The maximum absolute atomic E-state index is 5.36.